The first-order chi connectivity index (χ1) is 14.1. The first kappa shape index (κ1) is 19.0. The Morgan fingerprint density at radius 3 is 2.59 bits per heavy atom. The van der Waals surface area contributed by atoms with Gasteiger partial charge in [-0.2, -0.15) is 0 Å². The molecule has 0 radical (unpaired) electrons. The SMILES string of the molecule is COC(=O)CC(=O)N1CCN(C2=Nc3ccccc3Oc3ccccc32)CC1C. The molecule has 2 aliphatic heterocycles. The summed E-state index contributed by atoms with van der Waals surface area (Å²) in [5, 5.41) is 0. The molecule has 7 heteroatoms. The molecule has 4 rings (SSSR count). The Hall–Kier alpha value is -3.35. The third-order valence-corrected chi connectivity index (χ3v) is 5.21. The maximum absolute atomic E-state index is 12.4. The van der Waals surface area contributed by atoms with Crippen LogP contribution in [0.1, 0.15) is 18.9 Å². The quantitative estimate of drug-likeness (QED) is 0.579. The van der Waals surface area contributed by atoms with Gasteiger partial charge in [0.15, 0.2) is 5.75 Å². The molecule has 29 heavy (non-hydrogen) atoms. The lowest BCUT2D eigenvalue weighted by molar-refractivity contribution is -0.148. The van der Waals surface area contributed by atoms with Crippen LogP contribution >= 0.6 is 0 Å². The number of hydrogen-bond donors (Lipinski definition) is 0. The number of carbonyl (C=O) groups is 2. The van der Waals surface area contributed by atoms with Crippen molar-refractivity contribution in [1.29, 1.82) is 0 Å². The second-order valence-corrected chi connectivity index (χ2v) is 7.14. The second-order valence-electron chi connectivity index (χ2n) is 7.14. The molecule has 2 aliphatic rings. The minimum atomic E-state index is -0.513. The van der Waals surface area contributed by atoms with Crippen LogP contribution in [-0.4, -0.2) is 60.3 Å². The summed E-state index contributed by atoms with van der Waals surface area (Å²) in [5.41, 5.74) is 1.70. The van der Waals surface area contributed by atoms with Crippen molar-refractivity contribution in [3.05, 3.63) is 54.1 Å². The summed E-state index contributed by atoms with van der Waals surface area (Å²) in [6, 6.07) is 15.5. The lowest BCUT2D eigenvalue weighted by Gasteiger charge is -2.41. The zero-order valence-electron chi connectivity index (χ0n) is 16.5. The van der Waals surface area contributed by atoms with E-state index in [-0.39, 0.29) is 18.4 Å². The third kappa shape index (κ3) is 3.81. The summed E-state index contributed by atoms with van der Waals surface area (Å²) in [6.07, 6.45) is -0.230. The summed E-state index contributed by atoms with van der Waals surface area (Å²) < 4.78 is 10.7. The number of hydrogen-bond acceptors (Lipinski definition) is 6. The minimum absolute atomic E-state index is 0.0600. The number of rotatable bonds is 2. The number of fused-ring (bicyclic) bond motifs is 2. The molecule has 0 aromatic heterocycles. The monoisotopic (exact) mass is 393 g/mol. The van der Waals surface area contributed by atoms with E-state index in [1.54, 1.807) is 4.90 Å². The first-order valence-corrected chi connectivity index (χ1v) is 9.63. The Kier molecular flexibility index (Phi) is 5.20. The smallest absolute Gasteiger partial charge is 0.315 e. The molecule has 2 heterocycles. The van der Waals surface area contributed by atoms with Crippen LogP contribution in [0.15, 0.2) is 53.5 Å². The van der Waals surface area contributed by atoms with Crippen LogP contribution in [0.2, 0.25) is 0 Å². The number of amidine groups is 1. The van der Waals surface area contributed by atoms with Crippen molar-refractivity contribution in [2.75, 3.05) is 26.7 Å². The molecule has 0 bridgehead atoms. The number of piperazine rings is 1. The Morgan fingerprint density at radius 2 is 1.83 bits per heavy atom. The topological polar surface area (TPSA) is 71.4 Å². The molecular formula is C22H23N3O4. The Balaban J connectivity index is 1.61. The predicted molar refractivity (Wildman–Crippen MR) is 109 cm³/mol. The van der Waals surface area contributed by atoms with E-state index < -0.39 is 5.97 Å². The van der Waals surface area contributed by atoms with Crippen molar-refractivity contribution >= 4 is 23.4 Å². The Bertz CT molecular complexity index is 972. The third-order valence-electron chi connectivity index (χ3n) is 5.21. The fourth-order valence-corrected chi connectivity index (χ4v) is 3.73. The van der Waals surface area contributed by atoms with Crippen LogP contribution in [0.5, 0.6) is 11.5 Å². The first-order valence-electron chi connectivity index (χ1n) is 9.63. The highest BCUT2D eigenvalue weighted by Crippen LogP contribution is 2.38. The van der Waals surface area contributed by atoms with Gasteiger partial charge in [-0.1, -0.05) is 24.3 Å². The van der Waals surface area contributed by atoms with Crippen molar-refractivity contribution in [2.24, 2.45) is 4.99 Å². The average molecular weight is 393 g/mol. The van der Waals surface area contributed by atoms with E-state index >= 15 is 0 Å². The zero-order chi connectivity index (χ0) is 20.4. The van der Waals surface area contributed by atoms with Crippen molar-refractivity contribution in [3.63, 3.8) is 0 Å². The Morgan fingerprint density at radius 1 is 1.10 bits per heavy atom. The van der Waals surface area contributed by atoms with E-state index in [0.29, 0.717) is 19.6 Å². The van der Waals surface area contributed by atoms with Crippen molar-refractivity contribution in [3.8, 4) is 11.5 Å². The largest absolute Gasteiger partial charge is 0.469 e. The minimum Gasteiger partial charge on any atom is -0.469 e. The highest BCUT2D eigenvalue weighted by atomic mass is 16.5. The lowest BCUT2D eigenvalue weighted by atomic mass is 10.1. The molecule has 0 spiro atoms. The average Bonchev–Trinajstić information content (AvgIpc) is 2.90. The fraction of sp³-hybridized carbons (Fsp3) is 0.318. The maximum atomic E-state index is 12.4. The van der Waals surface area contributed by atoms with Crippen LogP contribution in [0.3, 0.4) is 0 Å². The van der Waals surface area contributed by atoms with E-state index in [1.807, 2.05) is 55.5 Å². The lowest BCUT2D eigenvalue weighted by Crippen LogP contribution is -2.55. The molecule has 1 atom stereocenters. The zero-order valence-corrected chi connectivity index (χ0v) is 16.5. The molecule has 0 aliphatic carbocycles. The second kappa shape index (κ2) is 7.95. The number of ether oxygens (including phenoxy) is 2. The van der Waals surface area contributed by atoms with Gasteiger partial charge in [0, 0.05) is 25.7 Å². The number of aliphatic imine (C=N–C) groups is 1. The number of benzene rings is 2. The number of methoxy groups -OCH3 is 1. The standard InChI is InChI=1S/C22H23N3O4/c1-15-14-24(11-12-25(15)20(26)13-21(27)28-2)22-16-7-3-5-9-18(16)29-19-10-6-4-8-17(19)23-22/h3-10,15H,11-14H2,1-2H3. The summed E-state index contributed by atoms with van der Waals surface area (Å²) in [6.45, 7) is 3.73. The molecule has 2 aromatic rings. The number of carbonyl (C=O) groups excluding carboxylic acids is 2. The van der Waals surface area contributed by atoms with Gasteiger partial charge in [-0.3, -0.25) is 9.59 Å². The molecule has 0 N–H and O–H groups in total. The summed E-state index contributed by atoms with van der Waals surface area (Å²) in [4.78, 5) is 32.7. The van der Waals surface area contributed by atoms with Crippen LogP contribution in [0.25, 0.3) is 0 Å². The van der Waals surface area contributed by atoms with Gasteiger partial charge in [0.2, 0.25) is 5.91 Å². The molecular weight excluding hydrogens is 370 g/mol. The molecule has 150 valence electrons. The van der Waals surface area contributed by atoms with Crippen molar-refractivity contribution in [1.82, 2.24) is 9.80 Å². The Labute approximate surface area is 169 Å². The van der Waals surface area contributed by atoms with E-state index in [1.165, 1.54) is 7.11 Å². The fourth-order valence-electron chi connectivity index (χ4n) is 3.73. The molecule has 1 fully saturated rings. The normalized spacial score (nSPS) is 18.0. The van der Waals surface area contributed by atoms with E-state index in [2.05, 4.69) is 9.64 Å². The van der Waals surface area contributed by atoms with Gasteiger partial charge in [0.05, 0.1) is 12.7 Å². The highest BCUT2D eigenvalue weighted by Gasteiger charge is 2.32. The summed E-state index contributed by atoms with van der Waals surface area (Å²) >= 11 is 0. The van der Waals surface area contributed by atoms with E-state index in [0.717, 1.165) is 28.6 Å². The molecule has 1 saturated heterocycles. The maximum Gasteiger partial charge on any atom is 0.315 e. The number of amides is 1. The summed E-state index contributed by atoms with van der Waals surface area (Å²) in [5.74, 6) is 1.58. The van der Waals surface area contributed by atoms with Gasteiger partial charge < -0.3 is 19.3 Å². The predicted octanol–water partition coefficient (Wildman–Crippen LogP) is 2.97. The molecule has 2 aromatic carbocycles. The van der Waals surface area contributed by atoms with Crippen LogP contribution in [-0.2, 0) is 14.3 Å². The molecule has 1 unspecified atom stereocenters. The van der Waals surface area contributed by atoms with Crippen LogP contribution in [0, 0.1) is 0 Å². The highest BCUT2D eigenvalue weighted by molar-refractivity contribution is 6.04. The number of para-hydroxylation sites is 3. The molecule has 0 saturated carbocycles. The van der Waals surface area contributed by atoms with Crippen LogP contribution in [0.4, 0.5) is 5.69 Å². The van der Waals surface area contributed by atoms with E-state index in [9.17, 15) is 9.59 Å². The van der Waals surface area contributed by atoms with Crippen molar-refractivity contribution < 1.29 is 19.1 Å². The van der Waals surface area contributed by atoms with Gasteiger partial charge in [0.1, 0.15) is 23.7 Å². The molecule has 1 amide bonds. The van der Waals surface area contributed by atoms with Gasteiger partial charge in [-0.05, 0) is 31.2 Å². The van der Waals surface area contributed by atoms with Gasteiger partial charge in [-0.25, -0.2) is 4.99 Å². The number of nitrogens with zero attached hydrogens (tertiary/aromatic N) is 3. The van der Waals surface area contributed by atoms with Gasteiger partial charge >= 0.3 is 5.97 Å². The summed E-state index contributed by atoms with van der Waals surface area (Å²) in [7, 11) is 1.29. The van der Waals surface area contributed by atoms with Gasteiger partial charge in [-0.15, -0.1) is 0 Å². The van der Waals surface area contributed by atoms with Crippen molar-refractivity contribution in [2.45, 2.75) is 19.4 Å². The number of esters is 1. The van der Waals surface area contributed by atoms with Gasteiger partial charge in [0.25, 0.3) is 0 Å². The van der Waals surface area contributed by atoms with E-state index in [4.69, 9.17) is 9.73 Å². The van der Waals surface area contributed by atoms with Crippen LogP contribution < -0.4 is 4.74 Å². The molecule has 7 nitrogen and oxygen atoms in total.